The zero-order chi connectivity index (χ0) is 15.0. The zero-order valence-electron chi connectivity index (χ0n) is 11.1. The molecular formula is C12H13Cl2N7. The van der Waals surface area contributed by atoms with Gasteiger partial charge in [0.1, 0.15) is 10.3 Å². The molecule has 0 saturated heterocycles. The zero-order valence-corrected chi connectivity index (χ0v) is 12.6. The van der Waals surface area contributed by atoms with Crippen molar-refractivity contribution in [1.29, 1.82) is 0 Å². The van der Waals surface area contributed by atoms with Gasteiger partial charge in [-0.15, -0.1) is 0 Å². The van der Waals surface area contributed by atoms with Crippen molar-refractivity contribution >= 4 is 35.1 Å². The van der Waals surface area contributed by atoms with E-state index < -0.39 is 0 Å². The van der Waals surface area contributed by atoms with Gasteiger partial charge in [0.15, 0.2) is 0 Å². The normalized spacial score (nSPS) is 15.0. The number of halogens is 2. The lowest BCUT2D eigenvalue weighted by molar-refractivity contribution is 0.242. The first kappa shape index (κ1) is 14.2. The van der Waals surface area contributed by atoms with Gasteiger partial charge in [-0.25, -0.2) is 19.9 Å². The van der Waals surface area contributed by atoms with Gasteiger partial charge in [0, 0.05) is 43.4 Å². The minimum atomic E-state index is 0.0709. The van der Waals surface area contributed by atoms with Gasteiger partial charge in [-0.1, -0.05) is 23.2 Å². The predicted octanol–water partition coefficient (Wildman–Crippen LogP) is 1.30. The lowest BCUT2D eigenvalue weighted by Crippen LogP contribution is -2.31. The van der Waals surface area contributed by atoms with E-state index in [1.54, 1.807) is 6.20 Å². The van der Waals surface area contributed by atoms with Crippen molar-refractivity contribution in [2.75, 3.05) is 18.0 Å². The first-order chi connectivity index (χ1) is 10.0. The standard InChI is InChI=1S/C12H13Cl2N7/c13-9-7(10(14)20-12(16)19-9)5-21-2-1-8-6(4-21)3-17-11(15)18-8/h3H,1-2,4-5H2,(H2,15,17,18)(H2,16,19,20). The number of nitrogens with two attached hydrogens (primary N) is 2. The molecule has 0 spiro atoms. The van der Waals surface area contributed by atoms with E-state index in [9.17, 15) is 0 Å². The van der Waals surface area contributed by atoms with Gasteiger partial charge in [0.05, 0.1) is 5.69 Å². The summed E-state index contributed by atoms with van der Waals surface area (Å²) >= 11 is 12.2. The number of hydrogen-bond acceptors (Lipinski definition) is 7. The molecule has 0 unspecified atom stereocenters. The summed E-state index contributed by atoms with van der Waals surface area (Å²) in [6.07, 6.45) is 2.56. The van der Waals surface area contributed by atoms with Gasteiger partial charge in [-0.3, -0.25) is 4.90 Å². The summed E-state index contributed by atoms with van der Waals surface area (Å²) in [6, 6.07) is 0. The number of hydrogen-bond donors (Lipinski definition) is 2. The van der Waals surface area contributed by atoms with E-state index in [4.69, 9.17) is 34.7 Å². The van der Waals surface area contributed by atoms with Crippen LogP contribution in [0.1, 0.15) is 16.8 Å². The monoisotopic (exact) mass is 325 g/mol. The van der Waals surface area contributed by atoms with Crippen molar-refractivity contribution in [1.82, 2.24) is 24.8 Å². The summed E-state index contributed by atoms with van der Waals surface area (Å²) in [4.78, 5) is 18.3. The Kier molecular flexibility index (Phi) is 3.79. The Balaban J connectivity index is 1.80. The number of rotatable bonds is 2. The van der Waals surface area contributed by atoms with Crippen LogP contribution >= 0.6 is 23.2 Å². The second kappa shape index (κ2) is 5.59. The molecule has 7 nitrogen and oxygen atoms in total. The van der Waals surface area contributed by atoms with Crippen LogP contribution in [-0.4, -0.2) is 31.4 Å². The Morgan fingerprint density at radius 1 is 1.10 bits per heavy atom. The van der Waals surface area contributed by atoms with Crippen LogP contribution in [0.3, 0.4) is 0 Å². The average molecular weight is 326 g/mol. The maximum atomic E-state index is 6.09. The second-order valence-electron chi connectivity index (χ2n) is 4.80. The molecule has 2 aromatic rings. The number of anilines is 2. The molecule has 0 saturated carbocycles. The van der Waals surface area contributed by atoms with E-state index >= 15 is 0 Å². The molecule has 3 rings (SSSR count). The SMILES string of the molecule is Nc1nc(Cl)c(CN2CCc3nc(N)ncc3C2)c(Cl)n1. The molecular weight excluding hydrogens is 313 g/mol. The summed E-state index contributed by atoms with van der Waals surface area (Å²) < 4.78 is 0. The summed E-state index contributed by atoms with van der Waals surface area (Å²) in [5.41, 5.74) is 13.8. The molecule has 2 aromatic heterocycles. The van der Waals surface area contributed by atoms with Crippen LogP contribution in [0.4, 0.5) is 11.9 Å². The van der Waals surface area contributed by atoms with Crippen molar-refractivity contribution < 1.29 is 0 Å². The van der Waals surface area contributed by atoms with Crippen LogP contribution in [0.15, 0.2) is 6.20 Å². The molecule has 0 fully saturated rings. The smallest absolute Gasteiger partial charge is 0.222 e. The van der Waals surface area contributed by atoms with Gasteiger partial charge in [-0.2, -0.15) is 0 Å². The van der Waals surface area contributed by atoms with E-state index in [2.05, 4.69) is 24.8 Å². The molecule has 1 aliphatic heterocycles. The Morgan fingerprint density at radius 3 is 2.52 bits per heavy atom. The lowest BCUT2D eigenvalue weighted by Gasteiger charge is -2.28. The molecule has 3 heterocycles. The second-order valence-corrected chi connectivity index (χ2v) is 5.52. The van der Waals surface area contributed by atoms with E-state index in [0.717, 1.165) is 24.2 Å². The minimum Gasteiger partial charge on any atom is -0.368 e. The highest BCUT2D eigenvalue weighted by Gasteiger charge is 2.21. The van der Waals surface area contributed by atoms with E-state index in [0.29, 0.717) is 24.6 Å². The van der Waals surface area contributed by atoms with Crippen molar-refractivity contribution in [2.45, 2.75) is 19.5 Å². The van der Waals surface area contributed by atoms with Gasteiger partial charge in [0.25, 0.3) is 0 Å². The maximum absolute atomic E-state index is 6.09. The van der Waals surface area contributed by atoms with Crippen LogP contribution in [0.25, 0.3) is 0 Å². The Labute approximate surface area is 131 Å². The van der Waals surface area contributed by atoms with Crippen LogP contribution in [0.5, 0.6) is 0 Å². The number of nitrogen functional groups attached to an aromatic ring is 2. The molecule has 0 aromatic carbocycles. The number of aromatic nitrogens is 4. The van der Waals surface area contributed by atoms with Crippen molar-refractivity contribution in [2.24, 2.45) is 0 Å². The fourth-order valence-corrected chi connectivity index (χ4v) is 2.85. The molecule has 9 heteroatoms. The molecule has 0 amide bonds. The van der Waals surface area contributed by atoms with Crippen molar-refractivity contribution in [3.05, 3.63) is 33.3 Å². The molecule has 0 atom stereocenters. The average Bonchev–Trinajstić information content (AvgIpc) is 2.43. The van der Waals surface area contributed by atoms with Gasteiger partial charge in [-0.05, 0) is 0 Å². The number of nitrogens with zero attached hydrogens (tertiary/aromatic N) is 5. The molecule has 110 valence electrons. The van der Waals surface area contributed by atoms with Crippen LogP contribution in [0.2, 0.25) is 10.3 Å². The number of fused-ring (bicyclic) bond motifs is 1. The molecule has 0 bridgehead atoms. The quantitative estimate of drug-likeness (QED) is 0.801. The van der Waals surface area contributed by atoms with Crippen molar-refractivity contribution in [3.8, 4) is 0 Å². The summed E-state index contributed by atoms with van der Waals surface area (Å²) in [5, 5.41) is 0.568. The van der Waals surface area contributed by atoms with Gasteiger partial charge in [0.2, 0.25) is 11.9 Å². The Bertz CT molecular complexity index is 668. The summed E-state index contributed by atoms with van der Waals surface area (Å²) in [7, 11) is 0. The minimum absolute atomic E-state index is 0.0709. The first-order valence-corrected chi connectivity index (χ1v) is 7.08. The summed E-state index contributed by atoms with van der Waals surface area (Å²) in [5.74, 6) is 0.377. The Morgan fingerprint density at radius 2 is 1.81 bits per heavy atom. The van der Waals surface area contributed by atoms with Crippen molar-refractivity contribution in [3.63, 3.8) is 0 Å². The third-order valence-electron chi connectivity index (χ3n) is 3.34. The Hall–Kier alpha value is -1.70. The molecule has 0 radical (unpaired) electrons. The van der Waals surface area contributed by atoms with E-state index in [1.165, 1.54) is 0 Å². The topological polar surface area (TPSA) is 107 Å². The highest BCUT2D eigenvalue weighted by molar-refractivity contribution is 6.34. The molecule has 4 N–H and O–H groups in total. The van der Waals surface area contributed by atoms with Gasteiger partial charge >= 0.3 is 0 Å². The molecule has 0 aliphatic carbocycles. The third-order valence-corrected chi connectivity index (χ3v) is 3.96. The van der Waals surface area contributed by atoms with Crippen LogP contribution in [-0.2, 0) is 19.5 Å². The fraction of sp³-hybridized carbons (Fsp3) is 0.333. The van der Waals surface area contributed by atoms with E-state index in [-0.39, 0.29) is 16.3 Å². The van der Waals surface area contributed by atoms with E-state index in [1.807, 2.05) is 0 Å². The lowest BCUT2D eigenvalue weighted by atomic mass is 10.1. The largest absolute Gasteiger partial charge is 0.368 e. The highest BCUT2D eigenvalue weighted by atomic mass is 35.5. The highest BCUT2D eigenvalue weighted by Crippen LogP contribution is 2.26. The van der Waals surface area contributed by atoms with Gasteiger partial charge < -0.3 is 11.5 Å². The maximum Gasteiger partial charge on any atom is 0.222 e. The molecule has 1 aliphatic rings. The third kappa shape index (κ3) is 2.99. The van der Waals surface area contributed by atoms with Crippen LogP contribution in [0, 0.1) is 0 Å². The van der Waals surface area contributed by atoms with Crippen LogP contribution < -0.4 is 11.5 Å². The predicted molar refractivity (Wildman–Crippen MR) is 80.7 cm³/mol. The summed E-state index contributed by atoms with van der Waals surface area (Å²) in [6.45, 7) is 2.06. The first-order valence-electron chi connectivity index (χ1n) is 6.33. The molecule has 21 heavy (non-hydrogen) atoms. The fourth-order valence-electron chi connectivity index (χ4n) is 2.33.